The molecule has 0 saturated heterocycles. The molecule has 0 fully saturated rings. The van der Waals surface area contributed by atoms with Gasteiger partial charge in [-0.2, -0.15) is 0 Å². The maximum Gasteiger partial charge on any atom is 0.222 e. The summed E-state index contributed by atoms with van der Waals surface area (Å²) in [6.45, 7) is 1.45. The molecule has 0 radical (unpaired) electrons. The van der Waals surface area contributed by atoms with Crippen molar-refractivity contribution >= 4 is 28.5 Å². The van der Waals surface area contributed by atoms with Crippen molar-refractivity contribution in [1.82, 2.24) is 9.97 Å². The lowest BCUT2D eigenvalue weighted by molar-refractivity contribution is 0.0131. The van der Waals surface area contributed by atoms with Gasteiger partial charge in [0.15, 0.2) is 0 Å². The van der Waals surface area contributed by atoms with Gasteiger partial charge in [0, 0.05) is 22.5 Å². The average molecular weight is 309 g/mol. The fourth-order valence-corrected chi connectivity index (χ4v) is 1.01. The molecule has 0 aromatic carbocycles. The van der Waals surface area contributed by atoms with E-state index < -0.39 is 5.60 Å². The Balaban J connectivity index is 2.50. The van der Waals surface area contributed by atoms with Crippen LogP contribution >= 0.6 is 22.6 Å². The van der Waals surface area contributed by atoms with E-state index in [1.807, 2.05) is 0 Å². The predicted octanol–water partition coefficient (Wildman–Crippen LogP) is 0.236. The van der Waals surface area contributed by atoms with Crippen LogP contribution in [0.3, 0.4) is 0 Å². The Kier molecular flexibility index (Phi) is 4.02. The maximum absolute atomic E-state index is 9.47. The molecule has 0 aliphatic heterocycles. The number of aliphatic hydroxyl groups excluding tert-OH is 1. The zero-order valence-corrected chi connectivity index (χ0v) is 9.89. The quantitative estimate of drug-likeness (QED) is 0.694. The SMILES string of the molecule is CC(O)(CO)CNc1ncc(I)cn1. The average Bonchev–Trinajstić information content (AvgIpc) is 2.17. The first kappa shape index (κ1) is 11.6. The highest BCUT2D eigenvalue weighted by Crippen LogP contribution is 2.05. The minimum Gasteiger partial charge on any atom is -0.393 e. The Morgan fingerprint density at radius 2 is 2.07 bits per heavy atom. The molecule has 0 bridgehead atoms. The zero-order chi connectivity index (χ0) is 10.6. The van der Waals surface area contributed by atoms with Crippen LogP contribution in [0, 0.1) is 3.57 Å². The zero-order valence-electron chi connectivity index (χ0n) is 7.74. The van der Waals surface area contributed by atoms with Crippen LogP contribution in [0.2, 0.25) is 0 Å². The number of halogens is 1. The van der Waals surface area contributed by atoms with E-state index in [1.165, 1.54) is 6.92 Å². The molecule has 0 aliphatic rings. The second-order valence-corrected chi connectivity index (χ2v) is 4.48. The lowest BCUT2D eigenvalue weighted by Crippen LogP contribution is -2.37. The lowest BCUT2D eigenvalue weighted by Gasteiger charge is -2.20. The van der Waals surface area contributed by atoms with E-state index in [0.717, 1.165) is 3.57 Å². The van der Waals surface area contributed by atoms with Gasteiger partial charge in [-0.15, -0.1) is 0 Å². The molecule has 5 nitrogen and oxygen atoms in total. The van der Waals surface area contributed by atoms with E-state index in [-0.39, 0.29) is 13.2 Å². The van der Waals surface area contributed by atoms with Crippen LogP contribution in [0.1, 0.15) is 6.92 Å². The Morgan fingerprint density at radius 1 is 1.50 bits per heavy atom. The molecule has 78 valence electrons. The largest absolute Gasteiger partial charge is 0.393 e. The van der Waals surface area contributed by atoms with Crippen LogP contribution < -0.4 is 5.32 Å². The molecule has 0 saturated carbocycles. The highest BCUT2D eigenvalue weighted by Gasteiger charge is 2.18. The van der Waals surface area contributed by atoms with Crippen LogP contribution in [0.15, 0.2) is 12.4 Å². The summed E-state index contributed by atoms with van der Waals surface area (Å²) in [5, 5.41) is 21.1. The van der Waals surface area contributed by atoms with Gasteiger partial charge in [0.25, 0.3) is 0 Å². The first-order valence-corrected chi connectivity index (χ1v) is 5.16. The molecule has 1 rings (SSSR count). The summed E-state index contributed by atoms with van der Waals surface area (Å²) in [5.41, 5.74) is -1.15. The highest BCUT2D eigenvalue weighted by molar-refractivity contribution is 14.1. The van der Waals surface area contributed by atoms with Gasteiger partial charge < -0.3 is 15.5 Å². The van der Waals surface area contributed by atoms with Crippen LogP contribution in [0.4, 0.5) is 5.95 Å². The Hall–Kier alpha value is -0.470. The Bertz CT molecular complexity index is 289. The summed E-state index contributed by atoms with van der Waals surface area (Å²) in [5.74, 6) is 0.444. The molecule has 0 amide bonds. The normalized spacial score (nSPS) is 14.9. The van der Waals surface area contributed by atoms with Crippen LogP contribution in [0.5, 0.6) is 0 Å². The number of hydrogen-bond donors (Lipinski definition) is 3. The fraction of sp³-hybridized carbons (Fsp3) is 0.500. The number of anilines is 1. The first-order chi connectivity index (χ1) is 6.53. The lowest BCUT2D eigenvalue weighted by atomic mass is 10.1. The topological polar surface area (TPSA) is 78.3 Å². The number of hydrogen-bond acceptors (Lipinski definition) is 5. The number of aliphatic hydroxyl groups is 2. The van der Waals surface area contributed by atoms with Crippen molar-refractivity contribution in [2.75, 3.05) is 18.5 Å². The third kappa shape index (κ3) is 3.72. The molecule has 6 heteroatoms. The van der Waals surface area contributed by atoms with Crippen molar-refractivity contribution in [3.63, 3.8) is 0 Å². The summed E-state index contributed by atoms with van der Waals surface area (Å²) in [6.07, 6.45) is 3.34. The fourth-order valence-electron chi connectivity index (χ4n) is 0.729. The molecule has 1 unspecified atom stereocenters. The predicted molar refractivity (Wildman–Crippen MR) is 60.9 cm³/mol. The number of aromatic nitrogens is 2. The number of nitrogens with zero attached hydrogens (tertiary/aromatic N) is 2. The van der Waals surface area contributed by atoms with Gasteiger partial charge in [0.2, 0.25) is 5.95 Å². The van der Waals surface area contributed by atoms with Crippen molar-refractivity contribution in [2.24, 2.45) is 0 Å². The third-order valence-electron chi connectivity index (χ3n) is 1.59. The van der Waals surface area contributed by atoms with Crippen molar-refractivity contribution in [3.8, 4) is 0 Å². The van der Waals surface area contributed by atoms with Gasteiger partial charge in [-0.3, -0.25) is 0 Å². The standard InChI is InChI=1S/C8H12IN3O2/c1-8(14,5-13)4-12-7-10-2-6(9)3-11-7/h2-3,13-14H,4-5H2,1H3,(H,10,11,12). The molecule has 1 atom stereocenters. The van der Waals surface area contributed by atoms with Crippen molar-refractivity contribution in [2.45, 2.75) is 12.5 Å². The molecule has 14 heavy (non-hydrogen) atoms. The smallest absolute Gasteiger partial charge is 0.222 e. The van der Waals surface area contributed by atoms with E-state index in [4.69, 9.17) is 5.11 Å². The molecule has 0 aliphatic carbocycles. The van der Waals surface area contributed by atoms with Crippen molar-refractivity contribution in [3.05, 3.63) is 16.0 Å². The van der Waals surface area contributed by atoms with E-state index in [1.54, 1.807) is 12.4 Å². The summed E-state index contributed by atoms with van der Waals surface area (Å²) in [6, 6.07) is 0. The summed E-state index contributed by atoms with van der Waals surface area (Å²) < 4.78 is 0.946. The molecule has 3 N–H and O–H groups in total. The second kappa shape index (κ2) is 4.85. The van der Waals surface area contributed by atoms with Gasteiger partial charge in [-0.05, 0) is 29.5 Å². The maximum atomic E-state index is 9.47. The van der Waals surface area contributed by atoms with Gasteiger partial charge in [0.1, 0.15) is 5.60 Å². The van der Waals surface area contributed by atoms with E-state index in [2.05, 4.69) is 37.9 Å². The van der Waals surface area contributed by atoms with Gasteiger partial charge in [-0.25, -0.2) is 9.97 Å². The Morgan fingerprint density at radius 3 is 2.57 bits per heavy atom. The van der Waals surface area contributed by atoms with Crippen molar-refractivity contribution < 1.29 is 10.2 Å². The minimum absolute atomic E-state index is 0.212. The minimum atomic E-state index is -1.15. The van der Waals surface area contributed by atoms with Crippen LogP contribution in [0.25, 0.3) is 0 Å². The summed E-state index contributed by atoms with van der Waals surface area (Å²) in [7, 11) is 0. The molecule has 0 spiro atoms. The van der Waals surface area contributed by atoms with Gasteiger partial charge >= 0.3 is 0 Å². The van der Waals surface area contributed by atoms with E-state index in [9.17, 15) is 5.11 Å². The van der Waals surface area contributed by atoms with E-state index >= 15 is 0 Å². The monoisotopic (exact) mass is 309 g/mol. The highest BCUT2D eigenvalue weighted by atomic mass is 127. The molecular formula is C8H12IN3O2. The number of rotatable bonds is 4. The molecule has 1 aromatic heterocycles. The number of nitrogens with one attached hydrogen (secondary N) is 1. The van der Waals surface area contributed by atoms with Crippen molar-refractivity contribution in [1.29, 1.82) is 0 Å². The van der Waals surface area contributed by atoms with Gasteiger partial charge in [-0.1, -0.05) is 0 Å². The first-order valence-electron chi connectivity index (χ1n) is 4.08. The summed E-state index contributed by atoms with van der Waals surface area (Å²) in [4.78, 5) is 7.99. The molecular weight excluding hydrogens is 297 g/mol. The second-order valence-electron chi connectivity index (χ2n) is 3.23. The van der Waals surface area contributed by atoms with Crippen LogP contribution in [-0.2, 0) is 0 Å². The third-order valence-corrected chi connectivity index (χ3v) is 2.15. The van der Waals surface area contributed by atoms with E-state index in [0.29, 0.717) is 5.95 Å². The molecule has 1 aromatic rings. The van der Waals surface area contributed by atoms with Gasteiger partial charge in [0.05, 0.1) is 6.61 Å². The molecule has 1 heterocycles. The Labute approximate surface area is 95.7 Å². The van der Waals surface area contributed by atoms with Crippen LogP contribution in [-0.4, -0.2) is 38.9 Å². The summed E-state index contributed by atoms with van der Waals surface area (Å²) >= 11 is 2.11.